The highest BCUT2D eigenvalue weighted by molar-refractivity contribution is 4.81. The van der Waals surface area contributed by atoms with Gasteiger partial charge in [0, 0.05) is 6.04 Å². The van der Waals surface area contributed by atoms with E-state index in [0.717, 1.165) is 32.2 Å². The van der Waals surface area contributed by atoms with E-state index in [1.165, 1.54) is 38.5 Å². The Labute approximate surface area is 100 Å². The predicted molar refractivity (Wildman–Crippen MR) is 68.5 cm³/mol. The second-order valence-electron chi connectivity index (χ2n) is 5.13. The van der Waals surface area contributed by atoms with Crippen molar-refractivity contribution in [2.24, 2.45) is 0 Å². The third-order valence-electron chi connectivity index (χ3n) is 3.62. The largest absolute Gasteiger partial charge is 0.311 e. The van der Waals surface area contributed by atoms with Crippen molar-refractivity contribution in [2.45, 2.75) is 83.3 Å². The third-order valence-corrected chi connectivity index (χ3v) is 3.62. The molecule has 0 aromatic heterocycles. The van der Waals surface area contributed by atoms with Crippen LogP contribution in [0.1, 0.15) is 71.1 Å². The summed E-state index contributed by atoms with van der Waals surface area (Å²) in [7, 11) is 0. The number of unbranched alkanes of at least 4 members (excludes halogenated alkanes) is 6. The zero-order chi connectivity index (χ0) is 11.6. The second kappa shape index (κ2) is 8.98. The molecule has 0 radical (unpaired) electrons. The number of hydrogen-bond donors (Lipinski definition) is 1. The highest BCUT2D eigenvalue weighted by Crippen LogP contribution is 2.18. The van der Waals surface area contributed by atoms with Gasteiger partial charge in [-0.15, -0.1) is 0 Å². The van der Waals surface area contributed by atoms with Crippen LogP contribution < -0.4 is 5.32 Å². The molecule has 1 aliphatic heterocycles. The molecule has 1 saturated heterocycles. The van der Waals surface area contributed by atoms with E-state index >= 15 is 0 Å². The molecular formula is C14H28FN. The van der Waals surface area contributed by atoms with Crippen LogP contribution in [0.4, 0.5) is 4.39 Å². The van der Waals surface area contributed by atoms with Gasteiger partial charge in [0.15, 0.2) is 0 Å². The first-order valence-electron chi connectivity index (χ1n) is 7.22. The molecule has 0 saturated carbocycles. The summed E-state index contributed by atoms with van der Waals surface area (Å²) in [5.41, 5.74) is 0. The average molecular weight is 229 g/mol. The van der Waals surface area contributed by atoms with Gasteiger partial charge in [0.1, 0.15) is 6.17 Å². The maximum Gasteiger partial charge on any atom is 0.115 e. The van der Waals surface area contributed by atoms with E-state index in [1.807, 2.05) is 0 Å². The molecule has 1 N–H and O–H groups in total. The summed E-state index contributed by atoms with van der Waals surface area (Å²) < 4.78 is 13.7. The zero-order valence-corrected chi connectivity index (χ0v) is 10.8. The van der Waals surface area contributed by atoms with Gasteiger partial charge in [0.25, 0.3) is 0 Å². The van der Waals surface area contributed by atoms with Crippen LogP contribution in [0.2, 0.25) is 0 Å². The highest BCUT2D eigenvalue weighted by atomic mass is 19.1. The number of rotatable bonds is 9. The van der Waals surface area contributed by atoms with Gasteiger partial charge < -0.3 is 5.32 Å². The lowest BCUT2D eigenvalue weighted by Crippen LogP contribution is -2.31. The molecule has 0 aromatic rings. The summed E-state index contributed by atoms with van der Waals surface area (Å²) in [4.78, 5) is 0. The van der Waals surface area contributed by atoms with Crippen molar-refractivity contribution < 1.29 is 4.39 Å². The Morgan fingerprint density at radius 2 is 1.81 bits per heavy atom. The number of nitrogens with one attached hydrogen (secondary N) is 1. The monoisotopic (exact) mass is 229 g/mol. The molecule has 1 aliphatic rings. The van der Waals surface area contributed by atoms with Crippen LogP contribution in [0.5, 0.6) is 0 Å². The van der Waals surface area contributed by atoms with Crippen LogP contribution in [-0.2, 0) is 0 Å². The lowest BCUT2D eigenvalue weighted by Gasteiger charge is -2.15. The van der Waals surface area contributed by atoms with Crippen molar-refractivity contribution in [2.75, 3.05) is 6.54 Å². The topological polar surface area (TPSA) is 12.0 Å². The van der Waals surface area contributed by atoms with Crippen LogP contribution in [0.25, 0.3) is 0 Å². The molecule has 0 aliphatic carbocycles. The maximum atomic E-state index is 13.7. The quantitative estimate of drug-likeness (QED) is 0.584. The first kappa shape index (κ1) is 14.0. The van der Waals surface area contributed by atoms with E-state index in [9.17, 15) is 4.39 Å². The molecule has 0 spiro atoms. The van der Waals surface area contributed by atoms with Gasteiger partial charge in [0.05, 0.1) is 0 Å². The van der Waals surface area contributed by atoms with Crippen molar-refractivity contribution >= 4 is 0 Å². The molecule has 1 heterocycles. The summed E-state index contributed by atoms with van der Waals surface area (Å²) in [5, 5.41) is 3.25. The van der Waals surface area contributed by atoms with Crippen LogP contribution in [0.3, 0.4) is 0 Å². The molecule has 2 atom stereocenters. The normalized spacial score (nSPS) is 22.5. The van der Waals surface area contributed by atoms with E-state index in [4.69, 9.17) is 0 Å². The standard InChI is InChI=1S/C14H28FN/c1-2-3-4-5-6-7-8-10-13(15)14-11-9-12-16-14/h13-14,16H,2-12H2,1H3. The summed E-state index contributed by atoms with van der Waals surface area (Å²) in [5.74, 6) is 0. The molecular weight excluding hydrogens is 201 g/mol. The van der Waals surface area contributed by atoms with Gasteiger partial charge in [-0.1, -0.05) is 51.9 Å². The molecule has 0 aromatic carbocycles. The predicted octanol–water partition coefficient (Wildman–Crippen LogP) is 4.22. The molecule has 1 nitrogen and oxygen atoms in total. The summed E-state index contributed by atoms with van der Waals surface area (Å²) in [6.07, 6.45) is 11.3. The fraction of sp³-hybridized carbons (Fsp3) is 1.00. The van der Waals surface area contributed by atoms with E-state index < -0.39 is 6.17 Å². The first-order valence-corrected chi connectivity index (χ1v) is 7.22. The van der Waals surface area contributed by atoms with Crippen LogP contribution in [0, 0.1) is 0 Å². The van der Waals surface area contributed by atoms with Crippen LogP contribution >= 0.6 is 0 Å². The van der Waals surface area contributed by atoms with Gasteiger partial charge in [0.2, 0.25) is 0 Å². The van der Waals surface area contributed by atoms with Crippen molar-refractivity contribution in [1.82, 2.24) is 5.32 Å². The van der Waals surface area contributed by atoms with E-state index in [1.54, 1.807) is 0 Å². The van der Waals surface area contributed by atoms with Crippen molar-refractivity contribution in [1.29, 1.82) is 0 Å². The lowest BCUT2D eigenvalue weighted by molar-refractivity contribution is 0.243. The molecule has 1 fully saturated rings. The van der Waals surface area contributed by atoms with E-state index in [-0.39, 0.29) is 6.04 Å². The second-order valence-corrected chi connectivity index (χ2v) is 5.13. The minimum Gasteiger partial charge on any atom is -0.311 e. The molecule has 0 amide bonds. The van der Waals surface area contributed by atoms with Crippen molar-refractivity contribution in [3.63, 3.8) is 0 Å². The van der Waals surface area contributed by atoms with Gasteiger partial charge in [-0.05, 0) is 25.8 Å². The van der Waals surface area contributed by atoms with E-state index in [0.29, 0.717) is 0 Å². The molecule has 96 valence electrons. The Hall–Kier alpha value is -0.110. The van der Waals surface area contributed by atoms with Gasteiger partial charge in [-0.2, -0.15) is 0 Å². The fourth-order valence-corrected chi connectivity index (χ4v) is 2.52. The minimum absolute atomic E-state index is 0.167. The van der Waals surface area contributed by atoms with Crippen LogP contribution in [0.15, 0.2) is 0 Å². The van der Waals surface area contributed by atoms with Crippen molar-refractivity contribution in [3.05, 3.63) is 0 Å². The summed E-state index contributed by atoms with van der Waals surface area (Å²) in [6.45, 7) is 3.25. The lowest BCUT2D eigenvalue weighted by atomic mass is 10.0. The molecule has 16 heavy (non-hydrogen) atoms. The maximum absolute atomic E-state index is 13.7. The molecule has 0 bridgehead atoms. The van der Waals surface area contributed by atoms with Crippen LogP contribution in [-0.4, -0.2) is 18.8 Å². The molecule has 2 unspecified atom stereocenters. The molecule has 1 rings (SSSR count). The summed E-state index contributed by atoms with van der Waals surface area (Å²) >= 11 is 0. The Morgan fingerprint density at radius 3 is 2.44 bits per heavy atom. The van der Waals surface area contributed by atoms with Crippen molar-refractivity contribution in [3.8, 4) is 0 Å². The third kappa shape index (κ3) is 5.83. The van der Waals surface area contributed by atoms with Gasteiger partial charge in [-0.25, -0.2) is 4.39 Å². The number of halogens is 1. The Balaban J connectivity index is 1.86. The Bertz CT molecular complexity index is 155. The minimum atomic E-state index is -0.599. The first-order chi connectivity index (χ1) is 7.84. The Morgan fingerprint density at radius 1 is 1.12 bits per heavy atom. The van der Waals surface area contributed by atoms with Gasteiger partial charge >= 0.3 is 0 Å². The Kier molecular flexibility index (Phi) is 7.83. The summed E-state index contributed by atoms with van der Waals surface area (Å²) in [6, 6.07) is 0.167. The smallest absolute Gasteiger partial charge is 0.115 e. The number of hydrogen-bond acceptors (Lipinski definition) is 1. The SMILES string of the molecule is CCCCCCCCCC(F)C1CCCN1. The fourth-order valence-electron chi connectivity index (χ4n) is 2.52. The molecule has 2 heteroatoms. The highest BCUT2D eigenvalue weighted by Gasteiger charge is 2.23. The number of alkyl halides is 1. The zero-order valence-electron chi connectivity index (χ0n) is 10.8. The average Bonchev–Trinajstić information content (AvgIpc) is 2.81. The van der Waals surface area contributed by atoms with E-state index in [2.05, 4.69) is 12.2 Å². The van der Waals surface area contributed by atoms with Gasteiger partial charge in [-0.3, -0.25) is 0 Å².